The van der Waals surface area contributed by atoms with Crippen molar-refractivity contribution in [2.24, 2.45) is 17.4 Å². The predicted octanol–water partition coefficient (Wildman–Crippen LogP) is 0.0271. The maximum Gasteiger partial charge on any atom is 0.217 e. The summed E-state index contributed by atoms with van der Waals surface area (Å²) >= 11 is 0. The normalized spacial score (nSPS) is 16.8. The molecule has 1 fully saturated rings. The summed E-state index contributed by atoms with van der Waals surface area (Å²) in [6, 6.07) is 0. The van der Waals surface area contributed by atoms with Crippen molar-refractivity contribution in [3.63, 3.8) is 0 Å². The Kier molecular flexibility index (Phi) is 4.09. The summed E-state index contributed by atoms with van der Waals surface area (Å²) in [6.07, 6.45) is 5.92. The van der Waals surface area contributed by atoms with Crippen LogP contribution in [0, 0.1) is 5.92 Å². The molecule has 18 heavy (non-hydrogen) atoms. The fourth-order valence-corrected chi connectivity index (χ4v) is 2.27. The molecule has 6 heteroatoms. The Bertz CT molecular complexity index is 397. The van der Waals surface area contributed by atoms with Gasteiger partial charge >= 0.3 is 0 Å². The lowest BCUT2D eigenvalue weighted by molar-refractivity contribution is -0.119. The Morgan fingerprint density at radius 1 is 1.33 bits per heavy atom. The third-order valence-corrected chi connectivity index (χ3v) is 3.33. The third-order valence-electron chi connectivity index (χ3n) is 3.33. The van der Waals surface area contributed by atoms with Crippen LogP contribution in [0.1, 0.15) is 25.0 Å². The minimum Gasteiger partial charge on any atom is -0.370 e. The highest BCUT2D eigenvalue weighted by atomic mass is 16.1. The first kappa shape index (κ1) is 12.8. The highest BCUT2D eigenvalue weighted by Crippen LogP contribution is 2.23. The van der Waals surface area contributed by atoms with Crippen molar-refractivity contribution in [3.8, 4) is 0 Å². The zero-order valence-electron chi connectivity index (χ0n) is 10.4. The molecule has 6 nitrogen and oxygen atoms in total. The van der Waals surface area contributed by atoms with E-state index in [9.17, 15) is 4.79 Å². The summed E-state index contributed by atoms with van der Waals surface area (Å²) in [6.45, 7) is 2.21. The molecule has 1 saturated heterocycles. The van der Waals surface area contributed by atoms with Crippen molar-refractivity contribution in [2.75, 3.05) is 18.0 Å². The van der Waals surface area contributed by atoms with Crippen LogP contribution in [0.25, 0.3) is 0 Å². The molecule has 2 rings (SSSR count). The molecule has 0 spiro atoms. The summed E-state index contributed by atoms with van der Waals surface area (Å²) in [4.78, 5) is 21.6. The number of primary amides is 1. The van der Waals surface area contributed by atoms with Crippen LogP contribution in [0.15, 0.2) is 12.4 Å². The van der Waals surface area contributed by atoms with E-state index in [1.165, 1.54) is 0 Å². The van der Waals surface area contributed by atoms with Gasteiger partial charge in [0.1, 0.15) is 5.82 Å². The van der Waals surface area contributed by atoms with Gasteiger partial charge in [0.15, 0.2) is 0 Å². The number of amides is 1. The van der Waals surface area contributed by atoms with Crippen LogP contribution in [-0.4, -0.2) is 29.0 Å². The van der Waals surface area contributed by atoms with Crippen LogP contribution in [0.5, 0.6) is 0 Å². The molecule has 0 atom stereocenters. The number of anilines is 1. The fraction of sp³-hybridized carbons (Fsp3) is 0.583. The third kappa shape index (κ3) is 3.16. The van der Waals surface area contributed by atoms with E-state index in [4.69, 9.17) is 11.5 Å². The zero-order chi connectivity index (χ0) is 13.0. The lowest BCUT2D eigenvalue weighted by atomic mass is 9.93. The molecule has 0 unspecified atom stereocenters. The highest BCUT2D eigenvalue weighted by molar-refractivity contribution is 5.74. The van der Waals surface area contributed by atoms with Gasteiger partial charge in [-0.3, -0.25) is 9.78 Å². The van der Waals surface area contributed by atoms with E-state index in [-0.39, 0.29) is 5.91 Å². The molecule has 0 aliphatic carbocycles. The Hall–Kier alpha value is -1.69. The number of carbonyl (C=O) groups is 1. The smallest absolute Gasteiger partial charge is 0.217 e. The number of aromatic nitrogens is 2. The molecule has 1 aromatic rings. The average Bonchev–Trinajstić information content (AvgIpc) is 2.39. The number of nitrogens with zero attached hydrogens (tertiary/aromatic N) is 3. The van der Waals surface area contributed by atoms with Crippen molar-refractivity contribution >= 4 is 11.7 Å². The van der Waals surface area contributed by atoms with Gasteiger partial charge in [-0.1, -0.05) is 0 Å². The minimum absolute atomic E-state index is 0.208. The van der Waals surface area contributed by atoms with Gasteiger partial charge in [0.2, 0.25) is 5.91 Å². The maximum absolute atomic E-state index is 10.9. The van der Waals surface area contributed by atoms with Gasteiger partial charge in [0.25, 0.3) is 0 Å². The second-order valence-corrected chi connectivity index (χ2v) is 4.67. The number of nitrogens with two attached hydrogens (primary N) is 2. The van der Waals surface area contributed by atoms with E-state index in [1.807, 2.05) is 0 Å². The quantitative estimate of drug-likeness (QED) is 0.784. The monoisotopic (exact) mass is 249 g/mol. The molecule has 4 N–H and O–H groups in total. The molecule has 1 aliphatic heterocycles. The summed E-state index contributed by atoms with van der Waals surface area (Å²) in [5.41, 5.74) is 11.5. The molecule has 1 aromatic heterocycles. The van der Waals surface area contributed by atoms with Gasteiger partial charge in [-0.15, -0.1) is 0 Å². The van der Waals surface area contributed by atoms with Crippen LogP contribution < -0.4 is 16.4 Å². The number of piperidine rings is 1. The van der Waals surface area contributed by atoms with Gasteiger partial charge in [-0.25, -0.2) is 4.98 Å². The number of carbonyl (C=O) groups excluding carboxylic acids is 1. The average molecular weight is 249 g/mol. The Balaban J connectivity index is 1.90. The summed E-state index contributed by atoms with van der Waals surface area (Å²) < 4.78 is 0. The Labute approximate surface area is 106 Å². The number of hydrogen-bond donors (Lipinski definition) is 2. The van der Waals surface area contributed by atoms with Gasteiger partial charge in [0.05, 0.1) is 18.1 Å². The highest BCUT2D eigenvalue weighted by Gasteiger charge is 2.21. The number of hydrogen-bond acceptors (Lipinski definition) is 5. The lowest BCUT2D eigenvalue weighted by Gasteiger charge is -2.32. The van der Waals surface area contributed by atoms with E-state index in [2.05, 4.69) is 14.9 Å². The van der Waals surface area contributed by atoms with Crippen LogP contribution >= 0.6 is 0 Å². The van der Waals surface area contributed by atoms with Crippen LogP contribution in [-0.2, 0) is 11.3 Å². The first-order valence-corrected chi connectivity index (χ1v) is 6.23. The summed E-state index contributed by atoms with van der Waals surface area (Å²) in [5.74, 6) is 1.08. The van der Waals surface area contributed by atoms with Gasteiger partial charge < -0.3 is 16.4 Å². The summed E-state index contributed by atoms with van der Waals surface area (Å²) in [5, 5.41) is 0. The van der Waals surface area contributed by atoms with Crippen LogP contribution in [0.4, 0.5) is 5.82 Å². The summed E-state index contributed by atoms with van der Waals surface area (Å²) in [7, 11) is 0. The largest absolute Gasteiger partial charge is 0.370 e. The Morgan fingerprint density at radius 3 is 2.56 bits per heavy atom. The standard InChI is InChI=1S/C12H19N5O/c13-6-10-7-16-12(8-15-10)17-3-1-9(2-4-17)5-11(14)18/h7-9H,1-6,13H2,(H2,14,18). The minimum atomic E-state index is -0.208. The molecular formula is C12H19N5O. The molecule has 0 saturated carbocycles. The topological polar surface area (TPSA) is 98.1 Å². The van der Waals surface area contributed by atoms with E-state index >= 15 is 0 Å². The first-order valence-electron chi connectivity index (χ1n) is 6.23. The fourth-order valence-electron chi connectivity index (χ4n) is 2.27. The van der Waals surface area contributed by atoms with Crippen molar-refractivity contribution < 1.29 is 4.79 Å². The van der Waals surface area contributed by atoms with Crippen LogP contribution in [0.3, 0.4) is 0 Å². The Morgan fingerprint density at radius 2 is 2.06 bits per heavy atom. The second-order valence-electron chi connectivity index (χ2n) is 4.67. The van der Waals surface area contributed by atoms with Crippen molar-refractivity contribution in [1.29, 1.82) is 0 Å². The molecule has 0 bridgehead atoms. The van der Waals surface area contributed by atoms with Crippen LogP contribution in [0.2, 0.25) is 0 Å². The van der Waals surface area contributed by atoms with E-state index in [0.717, 1.165) is 37.4 Å². The SMILES string of the molecule is NCc1cnc(N2CCC(CC(N)=O)CC2)cn1. The van der Waals surface area contributed by atoms with E-state index in [1.54, 1.807) is 12.4 Å². The van der Waals surface area contributed by atoms with E-state index in [0.29, 0.717) is 18.9 Å². The van der Waals surface area contributed by atoms with Gasteiger partial charge in [-0.05, 0) is 18.8 Å². The van der Waals surface area contributed by atoms with Crippen molar-refractivity contribution in [1.82, 2.24) is 9.97 Å². The van der Waals surface area contributed by atoms with Gasteiger partial charge in [-0.2, -0.15) is 0 Å². The molecule has 1 aliphatic rings. The van der Waals surface area contributed by atoms with E-state index < -0.39 is 0 Å². The molecule has 0 aromatic carbocycles. The van der Waals surface area contributed by atoms with Gasteiger partial charge in [0, 0.05) is 26.1 Å². The molecule has 0 radical (unpaired) electrons. The first-order chi connectivity index (χ1) is 8.69. The molecule has 1 amide bonds. The van der Waals surface area contributed by atoms with Crippen molar-refractivity contribution in [2.45, 2.75) is 25.8 Å². The molecule has 2 heterocycles. The number of rotatable bonds is 4. The zero-order valence-corrected chi connectivity index (χ0v) is 10.4. The second kappa shape index (κ2) is 5.77. The molecular weight excluding hydrogens is 230 g/mol. The van der Waals surface area contributed by atoms with Crippen molar-refractivity contribution in [3.05, 3.63) is 18.1 Å². The lowest BCUT2D eigenvalue weighted by Crippen LogP contribution is -2.35. The predicted molar refractivity (Wildman–Crippen MR) is 68.7 cm³/mol. The maximum atomic E-state index is 10.9. The molecule has 98 valence electrons.